The molecule has 276 valence electrons. The number of hydrogen-bond acceptors (Lipinski definition) is 0. The average Bonchev–Trinajstić information content (AvgIpc) is 3.28. The van der Waals surface area contributed by atoms with Crippen molar-refractivity contribution in [2.45, 2.75) is 12.3 Å². The van der Waals surface area contributed by atoms with E-state index in [1.165, 1.54) is 54.8 Å². The van der Waals surface area contributed by atoms with Crippen LogP contribution in [0.15, 0.2) is 243 Å². The van der Waals surface area contributed by atoms with Gasteiger partial charge in [-0.1, -0.05) is 250 Å². The van der Waals surface area contributed by atoms with Crippen molar-refractivity contribution in [1.82, 2.24) is 0 Å². The minimum Gasteiger partial charge on any atom is -0.0622 e. The van der Waals surface area contributed by atoms with Gasteiger partial charge in [0.05, 0.1) is 0 Å². The molecule has 56 heavy (non-hydrogen) atoms. The maximum atomic E-state index is 2.46. The van der Waals surface area contributed by atoms with Crippen LogP contribution in [0.25, 0.3) is 0 Å². The highest BCUT2D eigenvalue weighted by molar-refractivity contribution is 7.89. The van der Waals surface area contributed by atoms with Crippen LogP contribution in [-0.4, -0.2) is 17.7 Å². The predicted octanol–water partition coefficient (Wildman–Crippen LogP) is 10.9. The molecule has 0 aliphatic heterocycles. The van der Waals surface area contributed by atoms with Crippen LogP contribution >= 0.6 is 31.7 Å². The molecule has 8 rings (SSSR count). The van der Waals surface area contributed by atoms with Gasteiger partial charge in [-0.05, 0) is 86.4 Å². The lowest BCUT2D eigenvalue weighted by Gasteiger charge is -2.33. The monoisotopic (exact) mass is 796 g/mol. The fourth-order valence-corrected chi connectivity index (χ4v) is 19.3. The maximum Gasteiger partial charge on any atom is 0.0126 e. The van der Waals surface area contributed by atoms with Crippen LogP contribution in [0.1, 0.15) is 6.92 Å². The van der Waals surface area contributed by atoms with E-state index < -0.39 is 15.8 Å². The Morgan fingerprint density at radius 2 is 0.411 bits per heavy atom. The van der Waals surface area contributed by atoms with Gasteiger partial charge < -0.3 is 0 Å². The summed E-state index contributed by atoms with van der Waals surface area (Å²) in [5.41, 5.74) is 0. The molecule has 0 spiro atoms. The number of rotatable bonds is 13. The smallest absolute Gasteiger partial charge is 0.0126 e. The summed E-state index contributed by atoms with van der Waals surface area (Å²) in [4.78, 5) is 0. The molecule has 0 heterocycles. The van der Waals surface area contributed by atoms with Gasteiger partial charge in [-0.2, -0.15) is 0 Å². The summed E-state index contributed by atoms with van der Waals surface area (Å²) in [6, 6.07) is 88.5. The van der Waals surface area contributed by atoms with Crippen molar-refractivity contribution in [3.8, 4) is 0 Å². The quantitative estimate of drug-likeness (QED) is 0.102. The molecule has 0 aliphatic rings. The van der Waals surface area contributed by atoms with Crippen LogP contribution in [0, 0.1) is 0 Å². The SMILES string of the molecule is CC(P(c1ccccc1)c1ccccc1)P(c1ccccc1)c1ccccc1.c1ccc(P(CCP(c2ccccc2)c2ccccc2)c2ccccc2)cc1. The molecular formula is C52H48P4. The number of hydrogen-bond donors (Lipinski definition) is 0. The first-order valence-corrected chi connectivity index (χ1v) is 25.2. The first-order chi connectivity index (χ1) is 27.8. The molecular weight excluding hydrogens is 748 g/mol. The van der Waals surface area contributed by atoms with Crippen molar-refractivity contribution >= 4 is 74.1 Å². The number of benzene rings is 8. The summed E-state index contributed by atoms with van der Waals surface area (Å²) in [6.07, 6.45) is 2.41. The first-order valence-electron chi connectivity index (χ1n) is 19.3. The lowest BCUT2D eigenvalue weighted by Crippen LogP contribution is -2.25. The van der Waals surface area contributed by atoms with Gasteiger partial charge >= 0.3 is 0 Å². The van der Waals surface area contributed by atoms with E-state index >= 15 is 0 Å². The summed E-state index contributed by atoms with van der Waals surface area (Å²) in [5, 5.41) is 12.2. The van der Waals surface area contributed by atoms with Gasteiger partial charge in [-0.3, -0.25) is 0 Å². The van der Waals surface area contributed by atoms with Gasteiger partial charge in [0.25, 0.3) is 0 Å². The molecule has 0 aliphatic carbocycles. The summed E-state index contributed by atoms with van der Waals surface area (Å²) < 4.78 is 0. The van der Waals surface area contributed by atoms with Crippen molar-refractivity contribution in [3.63, 3.8) is 0 Å². The topological polar surface area (TPSA) is 0 Å². The van der Waals surface area contributed by atoms with E-state index in [2.05, 4.69) is 250 Å². The fraction of sp³-hybridized carbons (Fsp3) is 0.0769. The molecule has 0 nitrogen and oxygen atoms in total. The Balaban J connectivity index is 0.000000172. The van der Waals surface area contributed by atoms with Crippen LogP contribution in [0.3, 0.4) is 0 Å². The average molecular weight is 797 g/mol. The maximum absolute atomic E-state index is 2.46. The molecule has 0 radical (unpaired) electrons. The van der Waals surface area contributed by atoms with Gasteiger partial charge in [0.2, 0.25) is 0 Å². The van der Waals surface area contributed by atoms with Crippen LogP contribution in [0.2, 0.25) is 0 Å². The molecule has 8 aromatic rings. The molecule has 8 aromatic carbocycles. The van der Waals surface area contributed by atoms with Gasteiger partial charge in [0.1, 0.15) is 0 Å². The lowest BCUT2D eigenvalue weighted by molar-refractivity contribution is 1.38. The fourth-order valence-electron chi connectivity index (χ4n) is 7.08. The standard InChI is InChI=1S/2C26H24P2/c1-22(27(23-14-6-2-7-15-23)24-16-8-3-9-17-24)28(25-18-10-4-11-19-25)26-20-12-5-13-21-26;1-5-13-23(14-6-1)27(24-15-7-2-8-16-24)21-22-28(25-17-9-3-10-18-25)26-19-11-4-12-20-26/h2-22H,1H3;1-20H,21-22H2. The Morgan fingerprint density at radius 1 is 0.250 bits per heavy atom. The van der Waals surface area contributed by atoms with E-state index in [1.807, 2.05) is 0 Å². The van der Waals surface area contributed by atoms with Crippen molar-refractivity contribution in [2.24, 2.45) is 0 Å². The predicted molar refractivity (Wildman–Crippen MR) is 255 cm³/mol. The highest BCUT2D eigenvalue weighted by Gasteiger charge is 2.30. The third-order valence-electron chi connectivity index (χ3n) is 9.70. The zero-order valence-electron chi connectivity index (χ0n) is 31.9. The third kappa shape index (κ3) is 10.7. The zero-order chi connectivity index (χ0) is 38.2. The van der Waals surface area contributed by atoms with E-state index in [0.717, 1.165) is 0 Å². The van der Waals surface area contributed by atoms with Crippen LogP contribution < -0.4 is 42.4 Å². The van der Waals surface area contributed by atoms with Crippen molar-refractivity contribution in [2.75, 3.05) is 12.3 Å². The van der Waals surface area contributed by atoms with E-state index in [0.29, 0.717) is 5.40 Å². The van der Waals surface area contributed by atoms with Gasteiger partial charge in [-0.25, -0.2) is 0 Å². The molecule has 0 amide bonds. The molecule has 0 saturated carbocycles. The normalized spacial score (nSPS) is 11.2. The van der Waals surface area contributed by atoms with Crippen LogP contribution in [0.5, 0.6) is 0 Å². The summed E-state index contributed by atoms with van der Waals surface area (Å²) in [6.45, 7) is 2.46. The Kier molecular flexibility index (Phi) is 15.0. The second kappa shape index (κ2) is 21.1. The second-order valence-corrected chi connectivity index (χ2v) is 23.5. The largest absolute Gasteiger partial charge is 0.0622 e. The second-order valence-electron chi connectivity index (χ2n) is 13.4. The summed E-state index contributed by atoms with van der Waals surface area (Å²) in [5.74, 6) is 0. The van der Waals surface area contributed by atoms with Gasteiger partial charge in [0.15, 0.2) is 0 Å². The van der Waals surface area contributed by atoms with Crippen molar-refractivity contribution in [1.29, 1.82) is 0 Å². The molecule has 4 heteroatoms. The first kappa shape index (κ1) is 39.7. The van der Waals surface area contributed by atoms with E-state index in [4.69, 9.17) is 0 Å². The Morgan fingerprint density at radius 3 is 0.589 bits per heavy atom. The molecule has 0 N–H and O–H groups in total. The molecule has 0 fully saturated rings. The Bertz CT molecular complexity index is 1930. The minimum absolute atomic E-state index is 0.348. The third-order valence-corrected chi connectivity index (χ3v) is 21.4. The molecule has 0 aromatic heterocycles. The van der Waals surface area contributed by atoms with E-state index in [-0.39, 0.29) is 15.8 Å². The molecule has 0 unspecified atom stereocenters. The van der Waals surface area contributed by atoms with Crippen molar-refractivity contribution < 1.29 is 0 Å². The van der Waals surface area contributed by atoms with Crippen LogP contribution in [0.4, 0.5) is 0 Å². The van der Waals surface area contributed by atoms with E-state index in [9.17, 15) is 0 Å². The van der Waals surface area contributed by atoms with E-state index in [1.54, 1.807) is 0 Å². The summed E-state index contributed by atoms with van der Waals surface area (Å²) >= 11 is 0. The van der Waals surface area contributed by atoms with Gasteiger partial charge in [-0.15, -0.1) is 0 Å². The molecule has 0 atom stereocenters. The van der Waals surface area contributed by atoms with Gasteiger partial charge in [0, 0.05) is 5.40 Å². The Labute approximate surface area is 339 Å². The molecule has 0 bridgehead atoms. The van der Waals surface area contributed by atoms with Crippen LogP contribution in [-0.2, 0) is 0 Å². The highest BCUT2D eigenvalue weighted by Crippen LogP contribution is 2.55. The minimum atomic E-state index is -0.470. The van der Waals surface area contributed by atoms with Crippen molar-refractivity contribution in [3.05, 3.63) is 243 Å². The Hall–Kier alpha value is -4.52. The summed E-state index contributed by atoms with van der Waals surface area (Å²) in [7, 11) is -1.64. The molecule has 0 saturated heterocycles. The zero-order valence-corrected chi connectivity index (χ0v) is 35.5. The lowest BCUT2D eigenvalue weighted by atomic mass is 10.4. The highest BCUT2D eigenvalue weighted by atomic mass is 31.2.